The van der Waals surface area contributed by atoms with Crippen LogP contribution in [0.1, 0.15) is 77.0 Å². The van der Waals surface area contributed by atoms with Gasteiger partial charge in [0.25, 0.3) is 0 Å². The summed E-state index contributed by atoms with van der Waals surface area (Å²) in [4.78, 5) is 10.9. The van der Waals surface area contributed by atoms with Gasteiger partial charge < -0.3 is 14.6 Å². The molecular weight excluding hydrogens is 268 g/mol. The van der Waals surface area contributed by atoms with Crippen LogP contribution in [0.3, 0.4) is 0 Å². The van der Waals surface area contributed by atoms with Crippen LogP contribution in [0, 0.1) is 0 Å². The second kappa shape index (κ2) is 12.0. The molecule has 0 aliphatic carbocycles. The van der Waals surface area contributed by atoms with Crippen molar-refractivity contribution in [1.82, 2.24) is 0 Å². The van der Waals surface area contributed by atoms with Gasteiger partial charge in [-0.2, -0.15) is 0 Å². The molecule has 0 amide bonds. The lowest BCUT2D eigenvalue weighted by Gasteiger charge is -2.01. The van der Waals surface area contributed by atoms with Crippen molar-refractivity contribution >= 4 is 5.97 Å². The number of rotatable bonds is 14. The lowest BCUT2D eigenvalue weighted by molar-refractivity contribution is -0.140. The first-order valence-electron chi connectivity index (χ1n) is 8.61. The fourth-order valence-electron chi connectivity index (χ4n) is 2.75. The number of carbonyl (C=O) groups is 1. The summed E-state index contributed by atoms with van der Waals surface area (Å²) in [5, 5.41) is 8.70. The van der Waals surface area contributed by atoms with Crippen LogP contribution in [0.2, 0.25) is 0 Å². The van der Waals surface area contributed by atoms with Gasteiger partial charge in [0.15, 0.2) is 0 Å². The van der Waals surface area contributed by atoms with Crippen LogP contribution >= 0.6 is 0 Å². The van der Waals surface area contributed by atoms with Crippen LogP contribution in [0.15, 0.2) is 0 Å². The Balaban J connectivity index is 1.78. The maximum absolute atomic E-state index is 10.9. The smallest absolute Gasteiger partial charge is 0.305 e. The van der Waals surface area contributed by atoms with E-state index in [4.69, 9.17) is 9.84 Å². The van der Waals surface area contributed by atoms with E-state index in [1.807, 2.05) is 0 Å². The SMILES string of the molecule is COC(=O)CCCCCCCC1OC1CCCCCCO. The number of aliphatic hydroxyl groups excluding tert-OH is 1. The standard InChI is InChI=1S/C17H32O4/c1-20-17(19)13-9-4-2-3-7-11-15-16(21-15)12-8-5-6-10-14-18/h15-16,18H,2-14H2,1H3. The highest BCUT2D eigenvalue weighted by molar-refractivity contribution is 5.68. The maximum atomic E-state index is 10.9. The molecular formula is C17H32O4. The predicted molar refractivity (Wildman–Crippen MR) is 83.2 cm³/mol. The van der Waals surface area contributed by atoms with Crippen molar-refractivity contribution in [3.63, 3.8) is 0 Å². The largest absolute Gasteiger partial charge is 0.469 e. The number of epoxide rings is 1. The van der Waals surface area contributed by atoms with Crippen molar-refractivity contribution in [2.24, 2.45) is 0 Å². The molecule has 1 rings (SSSR count). The summed E-state index contributed by atoms with van der Waals surface area (Å²) in [6.07, 6.45) is 14.2. The van der Waals surface area contributed by atoms with Crippen molar-refractivity contribution in [2.45, 2.75) is 89.3 Å². The number of methoxy groups -OCH3 is 1. The summed E-state index contributed by atoms with van der Waals surface area (Å²) in [6, 6.07) is 0. The molecule has 0 spiro atoms. The third kappa shape index (κ3) is 9.86. The van der Waals surface area contributed by atoms with E-state index in [9.17, 15) is 4.79 Å². The Bertz CT molecular complexity index is 268. The van der Waals surface area contributed by atoms with Gasteiger partial charge >= 0.3 is 5.97 Å². The molecule has 1 aliphatic heterocycles. The van der Waals surface area contributed by atoms with E-state index in [2.05, 4.69) is 4.74 Å². The van der Waals surface area contributed by atoms with Gasteiger partial charge in [-0.1, -0.05) is 44.9 Å². The Labute approximate surface area is 129 Å². The average Bonchev–Trinajstić information content (AvgIpc) is 3.24. The van der Waals surface area contributed by atoms with Crippen LogP contribution in [0.25, 0.3) is 0 Å². The number of unbranched alkanes of at least 4 members (excludes halogenated alkanes) is 7. The van der Waals surface area contributed by atoms with E-state index in [0.29, 0.717) is 25.2 Å². The first-order valence-corrected chi connectivity index (χ1v) is 8.61. The van der Waals surface area contributed by atoms with Crippen molar-refractivity contribution in [2.75, 3.05) is 13.7 Å². The molecule has 2 unspecified atom stereocenters. The molecule has 1 fully saturated rings. The van der Waals surface area contributed by atoms with E-state index >= 15 is 0 Å². The highest BCUT2D eigenvalue weighted by atomic mass is 16.6. The number of carbonyl (C=O) groups excluding carboxylic acids is 1. The van der Waals surface area contributed by atoms with Crippen LogP contribution in [0.5, 0.6) is 0 Å². The second-order valence-electron chi connectivity index (χ2n) is 6.02. The van der Waals surface area contributed by atoms with E-state index in [1.165, 1.54) is 52.1 Å². The lowest BCUT2D eigenvalue weighted by Crippen LogP contribution is -1.99. The van der Waals surface area contributed by atoms with Crippen molar-refractivity contribution in [1.29, 1.82) is 0 Å². The molecule has 0 bridgehead atoms. The zero-order valence-electron chi connectivity index (χ0n) is 13.5. The van der Waals surface area contributed by atoms with Gasteiger partial charge in [-0.3, -0.25) is 4.79 Å². The van der Waals surface area contributed by atoms with Crippen molar-refractivity contribution in [3.8, 4) is 0 Å². The van der Waals surface area contributed by atoms with Crippen LogP contribution < -0.4 is 0 Å². The van der Waals surface area contributed by atoms with Gasteiger partial charge in [0.1, 0.15) is 0 Å². The van der Waals surface area contributed by atoms with Crippen molar-refractivity contribution < 1.29 is 19.4 Å². The third-order valence-corrected chi connectivity index (χ3v) is 4.18. The summed E-state index contributed by atoms with van der Waals surface area (Å²) in [5.74, 6) is -0.0942. The molecule has 1 heterocycles. The van der Waals surface area contributed by atoms with E-state index in [1.54, 1.807) is 0 Å². The average molecular weight is 300 g/mol. The zero-order valence-corrected chi connectivity index (χ0v) is 13.5. The molecule has 1 saturated heterocycles. The van der Waals surface area contributed by atoms with Gasteiger partial charge in [-0.15, -0.1) is 0 Å². The Morgan fingerprint density at radius 3 is 2.00 bits per heavy atom. The maximum Gasteiger partial charge on any atom is 0.305 e. The lowest BCUT2D eigenvalue weighted by atomic mass is 10.0. The van der Waals surface area contributed by atoms with Gasteiger partial charge in [-0.05, 0) is 25.7 Å². The van der Waals surface area contributed by atoms with E-state index in [0.717, 1.165) is 25.7 Å². The number of ether oxygens (including phenoxy) is 2. The molecule has 4 nitrogen and oxygen atoms in total. The molecule has 0 aromatic rings. The normalized spacial score (nSPS) is 20.5. The minimum Gasteiger partial charge on any atom is -0.469 e. The summed E-state index contributed by atoms with van der Waals surface area (Å²) < 4.78 is 10.3. The molecule has 1 aliphatic rings. The predicted octanol–water partition coefficient (Wildman–Crippen LogP) is 3.60. The fourth-order valence-corrected chi connectivity index (χ4v) is 2.75. The zero-order chi connectivity index (χ0) is 15.3. The summed E-state index contributed by atoms with van der Waals surface area (Å²) in [7, 11) is 1.45. The van der Waals surface area contributed by atoms with E-state index in [-0.39, 0.29) is 5.97 Å². The van der Waals surface area contributed by atoms with Gasteiger partial charge in [0, 0.05) is 13.0 Å². The monoisotopic (exact) mass is 300 g/mol. The third-order valence-electron chi connectivity index (χ3n) is 4.18. The number of aliphatic hydroxyl groups is 1. The topological polar surface area (TPSA) is 59.1 Å². The molecule has 1 N–H and O–H groups in total. The fraction of sp³-hybridized carbons (Fsp3) is 0.941. The highest BCUT2D eigenvalue weighted by Crippen LogP contribution is 2.31. The molecule has 4 heteroatoms. The molecule has 0 aromatic carbocycles. The molecule has 21 heavy (non-hydrogen) atoms. The second-order valence-corrected chi connectivity index (χ2v) is 6.02. The van der Waals surface area contributed by atoms with Crippen molar-refractivity contribution in [3.05, 3.63) is 0 Å². The molecule has 0 aromatic heterocycles. The minimum absolute atomic E-state index is 0.0942. The number of hydrogen-bond acceptors (Lipinski definition) is 4. The minimum atomic E-state index is -0.0942. The van der Waals surface area contributed by atoms with Gasteiger partial charge in [-0.25, -0.2) is 0 Å². The molecule has 2 atom stereocenters. The number of esters is 1. The number of hydrogen-bond donors (Lipinski definition) is 1. The van der Waals surface area contributed by atoms with Crippen LogP contribution in [0.4, 0.5) is 0 Å². The Hall–Kier alpha value is -0.610. The Kier molecular flexibility index (Phi) is 10.5. The first kappa shape index (κ1) is 18.4. The molecule has 0 radical (unpaired) electrons. The summed E-state index contributed by atoms with van der Waals surface area (Å²) in [5.41, 5.74) is 0. The van der Waals surface area contributed by atoms with Gasteiger partial charge in [0.05, 0.1) is 19.3 Å². The first-order chi connectivity index (χ1) is 10.3. The Morgan fingerprint density at radius 1 is 0.905 bits per heavy atom. The molecule has 0 saturated carbocycles. The summed E-state index contributed by atoms with van der Waals surface area (Å²) >= 11 is 0. The van der Waals surface area contributed by atoms with Crippen LogP contribution in [-0.4, -0.2) is 37.0 Å². The Morgan fingerprint density at radius 2 is 1.43 bits per heavy atom. The van der Waals surface area contributed by atoms with E-state index < -0.39 is 0 Å². The van der Waals surface area contributed by atoms with Gasteiger partial charge in [0.2, 0.25) is 0 Å². The highest BCUT2D eigenvalue weighted by Gasteiger charge is 2.36. The molecule has 124 valence electrons. The quantitative estimate of drug-likeness (QED) is 0.302. The van der Waals surface area contributed by atoms with Crippen LogP contribution in [-0.2, 0) is 14.3 Å². The summed E-state index contributed by atoms with van der Waals surface area (Å²) in [6.45, 7) is 0.322.